The van der Waals surface area contributed by atoms with Gasteiger partial charge in [0, 0.05) is 14.2 Å². The summed E-state index contributed by atoms with van der Waals surface area (Å²) in [5.41, 5.74) is 13.5. The zero-order valence-electron chi connectivity index (χ0n) is 3.75. The minimum Gasteiger partial charge on any atom is -0.388 e. The van der Waals surface area contributed by atoms with Crippen molar-refractivity contribution in [3.05, 3.63) is 16.0 Å². The van der Waals surface area contributed by atoms with Gasteiger partial charge in [0.05, 0.1) is 0 Å². The molecule has 0 heterocycles. The molecule has 4 nitrogen and oxygen atoms in total. The second-order valence-electron chi connectivity index (χ2n) is 0.498. The Morgan fingerprint density at radius 3 is 1.33 bits per heavy atom. The Hall–Kier alpha value is -0.730. The quantitative estimate of drug-likeness (QED) is 0.248. The molecule has 0 aliphatic rings. The first-order valence-electron chi connectivity index (χ1n) is 1.22. The van der Waals surface area contributed by atoms with Crippen LogP contribution in [0.25, 0.3) is 16.0 Å². The highest BCUT2D eigenvalue weighted by Gasteiger charge is 1.25. The summed E-state index contributed by atoms with van der Waals surface area (Å²) in [6.45, 7) is 0. The summed E-state index contributed by atoms with van der Waals surface area (Å²) in [6.07, 6.45) is 0. The van der Waals surface area contributed by atoms with Crippen LogP contribution in [-0.2, 0) is 4.74 Å². The van der Waals surface area contributed by atoms with Crippen molar-refractivity contribution < 1.29 is 4.74 Å². The van der Waals surface area contributed by atoms with E-state index < -0.39 is 0 Å². The summed E-state index contributed by atoms with van der Waals surface area (Å²) in [6, 6.07) is 0. The van der Waals surface area contributed by atoms with Crippen LogP contribution in [-0.4, -0.2) is 14.2 Å². The molecule has 0 aromatic heterocycles. The number of nitrogens with zero attached hydrogens (tertiary/aromatic N) is 3. The summed E-state index contributed by atoms with van der Waals surface area (Å²) in [5, 5.41) is 0. The zero-order chi connectivity index (χ0) is 5.41. The highest BCUT2D eigenvalue weighted by atomic mass is 16.4. The van der Waals surface area contributed by atoms with Gasteiger partial charge in [0.25, 0.3) is 0 Å². The van der Waals surface area contributed by atoms with Crippen LogP contribution in [0.15, 0.2) is 0 Å². The molecule has 0 fully saturated rings. The first-order chi connectivity index (χ1) is 2.83. The molecule has 0 aromatic carbocycles. The van der Waals surface area contributed by atoms with Crippen LogP contribution >= 0.6 is 0 Å². The molecule has 0 aliphatic carbocycles. The summed E-state index contributed by atoms with van der Waals surface area (Å²) in [4.78, 5) is 1.50. The molecule has 0 atom stereocenters. The van der Waals surface area contributed by atoms with E-state index in [1.807, 2.05) is 0 Å². The Labute approximate surface area is 36.1 Å². The molecule has 0 aromatic rings. The lowest BCUT2D eigenvalue weighted by atomic mass is 11.6. The van der Waals surface area contributed by atoms with Gasteiger partial charge in [-0.2, -0.15) is 0 Å². The molecule has 0 saturated carbocycles. The topological polar surface area (TPSA) is 67.9 Å². The summed E-state index contributed by atoms with van der Waals surface area (Å²) < 4.78 is 4.25. The number of hydrogen-bond acceptors (Lipinski definition) is 1. The van der Waals surface area contributed by atoms with E-state index in [2.05, 4.69) is 4.74 Å². The maximum Gasteiger partial charge on any atom is 0.0351 e. The monoisotopic (exact) mass is 88.1 g/mol. The van der Waals surface area contributed by atoms with Gasteiger partial charge in [-0.15, -0.1) is 0 Å². The molecular weight excluding hydrogens is 82.0 g/mol. The first-order valence-corrected chi connectivity index (χ1v) is 1.22. The standard InChI is InChI=1S/C2H6O.N3/c2*1-3-2/h1-2H3;/q;-1. The second-order valence-corrected chi connectivity index (χ2v) is 0.498. The van der Waals surface area contributed by atoms with Gasteiger partial charge in [0.2, 0.25) is 0 Å². The van der Waals surface area contributed by atoms with Gasteiger partial charge >= 0.3 is 0 Å². The molecule has 0 bridgehead atoms. The Morgan fingerprint density at radius 2 is 1.33 bits per heavy atom. The molecule has 36 valence electrons. The highest BCUT2D eigenvalue weighted by Crippen LogP contribution is 1.29. The molecule has 0 N–H and O–H groups in total. The van der Waals surface area contributed by atoms with Crippen LogP contribution < -0.4 is 0 Å². The molecule has 4 heteroatoms. The summed E-state index contributed by atoms with van der Waals surface area (Å²) >= 11 is 0. The summed E-state index contributed by atoms with van der Waals surface area (Å²) in [5.74, 6) is 0. The van der Waals surface area contributed by atoms with E-state index in [1.54, 1.807) is 14.2 Å². The highest BCUT2D eigenvalue weighted by molar-refractivity contribution is 4.36. The predicted octanol–water partition coefficient (Wildman–Crippen LogP) is 1.13. The molecule has 0 amide bonds. The molecule has 6 heavy (non-hydrogen) atoms. The third kappa shape index (κ3) is 31.6. The third-order valence-corrected chi connectivity index (χ3v) is 0. The van der Waals surface area contributed by atoms with Crippen LogP contribution in [0.5, 0.6) is 0 Å². The molecular formula is C2H6N3O-. The van der Waals surface area contributed by atoms with E-state index in [1.165, 1.54) is 4.91 Å². The number of ether oxygens (including phenoxy) is 1. The van der Waals surface area contributed by atoms with Crippen molar-refractivity contribution >= 4 is 0 Å². The van der Waals surface area contributed by atoms with Crippen molar-refractivity contribution in [2.45, 2.75) is 0 Å². The third-order valence-electron chi connectivity index (χ3n) is 0. The average Bonchev–Trinajstić information content (AvgIpc) is 1.39. The first kappa shape index (κ1) is 8.99. The van der Waals surface area contributed by atoms with E-state index in [0.29, 0.717) is 0 Å². The minimum atomic E-state index is 1.50. The maximum atomic E-state index is 6.75. The van der Waals surface area contributed by atoms with Crippen molar-refractivity contribution in [2.24, 2.45) is 0 Å². The fraction of sp³-hybridized carbons (Fsp3) is 1.00. The maximum absolute atomic E-state index is 6.75. The second kappa shape index (κ2) is 28.3. The molecule has 0 radical (unpaired) electrons. The minimum absolute atomic E-state index is 1.50. The van der Waals surface area contributed by atoms with Crippen LogP contribution in [0.1, 0.15) is 0 Å². The van der Waals surface area contributed by atoms with E-state index >= 15 is 0 Å². The van der Waals surface area contributed by atoms with Gasteiger partial charge in [-0.1, -0.05) is 0 Å². The van der Waals surface area contributed by atoms with E-state index in [9.17, 15) is 0 Å². The van der Waals surface area contributed by atoms with E-state index in [4.69, 9.17) is 11.1 Å². The molecule has 0 saturated heterocycles. The van der Waals surface area contributed by atoms with Crippen molar-refractivity contribution in [2.75, 3.05) is 14.2 Å². The van der Waals surface area contributed by atoms with Crippen LogP contribution in [0.4, 0.5) is 0 Å². The average molecular weight is 88.1 g/mol. The van der Waals surface area contributed by atoms with Gasteiger partial charge in [-0.3, -0.25) is 4.91 Å². The van der Waals surface area contributed by atoms with E-state index in [-0.39, 0.29) is 0 Å². The fourth-order valence-corrected chi connectivity index (χ4v) is 0. The Morgan fingerprint density at radius 1 is 1.33 bits per heavy atom. The normalized spacial score (nSPS) is 4.33. The van der Waals surface area contributed by atoms with Crippen LogP contribution in [0.2, 0.25) is 0 Å². The van der Waals surface area contributed by atoms with E-state index in [0.717, 1.165) is 0 Å². The van der Waals surface area contributed by atoms with Crippen molar-refractivity contribution in [1.29, 1.82) is 0 Å². The van der Waals surface area contributed by atoms with Gasteiger partial charge in [0.15, 0.2) is 0 Å². The van der Waals surface area contributed by atoms with Crippen molar-refractivity contribution in [3.8, 4) is 0 Å². The SMILES string of the molecule is COC.[N-]=[N+]=[N-]. The zero-order valence-corrected chi connectivity index (χ0v) is 3.75. The van der Waals surface area contributed by atoms with Crippen LogP contribution in [0, 0.1) is 0 Å². The lowest BCUT2D eigenvalue weighted by molar-refractivity contribution is 0.277. The number of methoxy groups -OCH3 is 1. The lowest BCUT2D eigenvalue weighted by Gasteiger charge is -1.61. The number of hydrogen-bond donors (Lipinski definition) is 0. The van der Waals surface area contributed by atoms with Gasteiger partial charge in [-0.05, 0) is 0 Å². The smallest absolute Gasteiger partial charge is 0.0351 e. The summed E-state index contributed by atoms with van der Waals surface area (Å²) in [7, 11) is 3.25. The Bertz CT molecular complexity index is 38.1. The molecule has 0 spiro atoms. The lowest BCUT2D eigenvalue weighted by Crippen LogP contribution is -1.55. The molecule has 0 aliphatic heterocycles. The Kier molecular flexibility index (Phi) is 42.4. The Balaban J connectivity index is 0. The van der Waals surface area contributed by atoms with Crippen LogP contribution in [0.3, 0.4) is 0 Å². The largest absolute Gasteiger partial charge is 0.388 e. The van der Waals surface area contributed by atoms with Gasteiger partial charge < -0.3 is 15.8 Å². The predicted molar refractivity (Wildman–Crippen MR) is 23.0 cm³/mol. The van der Waals surface area contributed by atoms with Crippen molar-refractivity contribution in [1.82, 2.24) is 0 Å². The fourth-order valence-electron chi connectivity index (χ4n) is 0. The van der Waals surface area contributed by atoms with Crippen molar-refractivity contribution in [3.63, 3.8) is 0 Å². The van der Waals surface area contributed by atoms with Gasteiger partial charge in [0.1, 0.15) is 0 Å². The molecule has 0 rings (SSSR count). The van der Waals surface area contributed by atoms with Gasteiger partial charge in [-0.25, -0.2) is 0 Å². The number of rotatable bonds is 0. The molecule has 0 unspecified atom stereocenters.